The summed E-state index contributed by atoms with van der Waals surface area (Å²) in [6.45, 7) is 7.99. The Bertz CT molecular complexity index is 1470. The lowest BCUT2D eigenvalue weighted by Gasteiger charge is -2.34. The molecule has 0 saturated carbocycles. The van der Waals surface area contributed by atoms with Crippen LogP contribution in [0.3, 0.4) is 0 Å². The van der Waals surface area contributed by atoms with Gasteiger partial charge in [-0.3, -0.25) is 4.79 Å². The van der Waals surface area contributed by atoms with Gasteiger partial charge >= 0.3 is 0 Å². The number of hydrogen-bond acceptors (Lipinski definition) is 9. The monoisotopic (exact) mass is 539 g/mol. The van der Waals surface area contributed by atoms with Gasteiger partial charge in [0.2, 0.25) is 11.9 Å². The Labute approximate surface area is 232 Å². The van der Waals surface area contributed by atoms with Gasteiger partial charge in [-0.2, -0.15) is 9.37 Å². The second-order valence-electron chi connectivity index (χ2n) is 9.32. The maximum atomic E-state index is 13.3. The molecule has 4 aromatic rings. The number of benzene rings is 1. The third-order valence-electron chi connectivity index (χ3n) is 6.45. The Morgan fingerprint density at radius 3 is 2.50 bits per heavy atom. The SMILES string of the molecule is C=CCNC(=O)c1cnc(Nc2ccc(N3CCN(C)CC3)cc2)nc1Nc1cccc(-c2ccc(F)nc2)n1. The van der Waals surface area contributed by atoms with Crippen LogP contribution in [0, 0.1) is 5.95 Å². The minimum Gasteiger partial charge on any atom is -0.369 e. The highest BCUT2D eigenvalue weighted by molar-refractivity contribution is 5.99. The molecule has 4 heterocycles. The van der Waals surface area contributed by atoms with Crippen molar-refractivity contribution < 1.29 is 9.18 Å². The summed E-state index contributed by atoms with van der Waals surface area (Å²) in [5.41, 5.74) is 3.46. The van der Waals surface area contributed by atoms with Crippen molar-refractivity contribution in [3.63, 3.8) is 0 Å². The quantitative estimate of drug-likeness (QED) is 0.213. The maximum absolute atomic E-state index is 13.3. The maximum Gasteiger partial charge on any atom is 0.256 e. The van der Waals surface area contributed by atoms with Crippen molar-refractivity contribution in [3.05, 3.63) is 91.2 Å². The molecule has 1 aromatic carbocycles. The molecule has 0 bridgehead atoms. The molecule has 5 rings (SSSR count). The highest BCUT2D eigenvalue weighted by atomic mass is 19.1. The summed E-state index contributed by atoms with van der Waals surface area (Å²) in [6.07, 6.45) is 4.47. The average Bonchev–Trinajstić information content (AvgIpc) is 2.97. The molecule has 1 amide bonds. The third-order valence-corrected chi connectivity index (χ3v) is 6.45. The van der Waals surface area contributed by atoms with Gasteiger partial charge in [0, 0.05) is 62.1 Å². The highest BCUT2D eigenvalue weighted by Crippen LogP contribution is 2.25. The molecule has 0 spiro atoms. The first-order valence-electron chi connectivity index (χ1n) is 12.9. The minimum atomic E-state index is -0.566. The zero-order valence-electron chi connectivity index (χ0n) is 22.1. The van der Waals surface area contributed by atoms with Crippen LogP contribution < -0.4 is 20.9 Å². The molecule has 40 heavy (non-hydrogen) atoms. The van der Waals surface area contributed by atoms with Crippen LogP contribution in [-0.2, 0) is 0 Å². The smallest absolute Gasteiger partial charge is 0.256 e. The third kappa shape index (κ3) is 6.56. The summed E-state index contributed by atoms with van der Waals surface area (Å²) in [6, 6.07) is 16.3. The normalized spacial score (nSPS) is 13.5. The van der Waals surface area contributed by atoms with Crippen LogP contribution in [0.15, 0.2) is 79.6 Å². The van der Waals surface area contributed by atoms with Gasteiger partial charge in [-0.15, -0.1) is 6.58 Å². The molecule has 1 aliphatic rings. The van der Waals surface area contributed by atoms with Crippen molar-refractivity contribution in [2.75, 3.05) is 55.3 Å². The molecule has 1 fully saturated rings. The van der Waals surface area contributed by atoms with Gasteiger partial charge in [-0.25, -0.2) is 15.0 Å². The van der Waals surface area contributed by atoms with Crippen LogP contribution in [0.1, 0.15) is 10.4 Å². The molecule has 204 valence electrons. The van der Waals surface area contributed by atoms with E-state index < -0.39 is 5.95 Å². The number of carbonyl (C=O) groups excluding carboxylic acids is 1. The number of piperazine rings is 1. The van der Waals surface area contributed by atoms with Crippen LogP contribution in [0.4, 0.5) is 33.3 Å². The van der Waals surface area contributed by atoms with E-state index in [4.69, 9.17) is 0 Å². The number of nitrogens with one attached hydrogen (secondary N) is 3. The number of halogens is 1. The van der Waals surface area contributed by atoms with Crippen molar-refractivity contribution in [1.29, 1.82) is 0 Å². The second-order valence-corrected chi connectivity index (χ2v) is 9.32. The topological polar surface area (TPSA) is 111 Å². The predicted octanol–water partition coefficient (Wildman–Crippen LogP) is 4.23. The summed E-state index contributed by atoms with van der Waals surface area (Å²) in [5, 5.41) is 9.11. The fourth-order valence-corrected chi connectivity index (χ4v) is 4.23. The standard InChI is InChI=1S/C29H30FN9O/c1-3-13-31-28(40)23-19-33-29(34-21-8-10-22(11-9-21)39-16-14-38(2)15-17-39)37-27(23)36-26-6-4-5-24(35-26)20-7-12-25(30)32-18-20/h3-12,18-19H,1,13-17H2,2H3,(H,31,40)(H2,33,34,35,36,37). The zero-order valence-corrected chi connectivity index (χ0v) is 22.1. The Balaban J connectivity index is 1.37. The van der Waals surface area contributed by atoms with Gasteiger partial charge in [0.05, 0.1) is 5.69 Å². The Hall–Kier alpha value is -4.90. The number of aromatic nitrogens is 4. The number of hydrogen-bond donors (Lipinski definition) is 3. The molecule has 0 unspecified atom stereocenters. The molecule has 3 N–H and O–H groups in total. The summed E-state index contributed by atoms with van der Waals surface area (Å²) in [7, 11) is 2.14. The van der Waals surface area contributed by atoms with Crippen LogP contribution in [-0.4, -0.2) is 70.5 Å². The number of pyridine rings is 2. The van der Waals surface area contributed by atoms with E-state index in [2.05, 4.69) is 71.4 Å². The first kappa shape index (κ1) is 26.7. The first-order valence-corrected chi connectivity index (χ1v) is 12.9. The summed E-state index contributed by atoms with van der Waals surface area (Å²) in [5.74, 6) is 0.109. The van der Waals surface area contributed by atoms with Crippen LogP contribution >= 0.6 is 0 Å². The highest BCUT2D eigenvalue weighted by Gasteiger charge is 2.17. The van der Waals surface area contributed by atoms with Gasteiger partial charge < -0.3 is 25.8 Å². The number of rotatable bonds is 9. The van der Waals surface area contributed by atoms with Crippen LogP contribution in [0.25, 0.3) is 11.3 Å². The molecule has 0 atom stereocenters. The Morgan fingerprint density at radius 2 is 1.77 bits per heavy atom. The van der Waals surface area contributed by atoms with E-state index in [1.54, 1.807) is 30.3 Å². The zero-order chi connectivity index (χ0) is 27.9. The van der Waals surface area contributed by atoms with Crippen molar-refractivity contribution in [2.24, 2.45) is 0 Å². The summed E-state index contributed by atoms with van der Waals surface area (Å²) < 4.78 is 13.3. The Kier molecular flexibility index (Phi) is 8.21. The van der Waals surface area contributed by atoms with E-state index in [0.29, 0.717) is 29.6 Å². The van der Waals surface area contributed by atoms with Crippen molar-refractivity contribution in [3.8, 4) is 11.3 Å². The lowest BCUT2D eigenvalue weighted by Crippen LogP contribution is -2.44. The largest absolute Gasteiger partial charge is 0.369 e. The second kappa shape index (κ2) is 12.3. The lowest BCUT2D eigenvalue weighted by molar-refractivity contribution is 0.0958. The van der Waals surface area contributed by atoms with Gasteiger partial charge in [-0.1, -0.05) is 12.1 Å². The van der Waals surface area contributed by atoms with Gasteiger partial charge in [-0.05, 0) is 55.6 Å². The molecule has 10 nitrogen and oxygen atoms in total. The van der Waals surface area contributed by atoms with Crippen molar-refractivity contribution in [2.45, 2.75) is 0 Å². The molecule has 0 radical (unpaired) electrons. The molecule has 0 aliphatic carbocycles. The van der Waals surface area contributed by atoms with Gasteiger partial charge in [0.15, 0.2) is 0 Å². The molecule has 1 aliphatic heterocycles. The van der Waals surface area contributed by atoms with E-state index in [9.17, 15) is 9.18 Å². The predicted molar refractivity (Wildman–Crippen MR) is 155 cm³/mol. The molecule has 11 heteroatoms. The number of anilines is 5. The van der Waals surface area contributed by atoms with Gasteiger partial charge in [0.1, 0.15) is 17.2 Å². The number of amides is 1. The van der Waals surface area contributed by atoms with E-state index >= 15 is 0 Å². The van der Waals surface area contributed by atoms with Crippen LogP contribution in [0.2, 0.25) is 0 Å². The van der Waals surface area contributed by atoms with E-state index in [1.807, 2.05) is 12.1 Å². The lowest BCUT2D eigenvalue weighted by atomic mass is 10.2. The molecule has 1 saturated heterocycles. The summed E-state index contributed by atoms with van der Waals surface area (Å²) in [4.78, 5) is 34.8. The summed E-state index contributed by atoms with van der Waals surface area (Å²) >= 11 is 0. The van der Waals surface area contributed by atoms with Gasteiger partial charge in [0.25, 0.3) is 5.91 Å². The Morgan fingerprint density at radius 1 is 0.975 bits per heavy atom. The van der Waals surface area contributed by atoms with E-state index in [0.717, 1.165) is 31.9 Å². The molecular formula is C29H30FN9O. The minimum absolute atomic E-state index is 0.244. The number of likely N-dealkylation sites (N-methyl/N-ethyl adjacent to an activating group) is 1. The van der Waals surface area contributed by atoms with Crippen molar-refractivity contribution >= 4 is 34.9 Å². The molecular weight excluding hydrogens is 509 g/mol. The number of carbonyl (C=O) groups is 1. The molecule has 3 aromatic heterocycles. The van der Waals surface area contributed by atoms with Crippen molar-refractivity contribution in [1.82, 2.24) is 30.2 Å². The van der Waals surface area contributed by atoms with Crippen LogP contribution in [0.5, 0.6) is 0 Å². The fraction of sp³-hybridized carbons (Fsp3) is 0.207. The fourth-order valence-electron chi connectivity index (χ4n) is 4.23. The number of nitrogens with zero attached hydrogens (tertiary/aromatic N) is 6. The first-order chi connectivity index (χ1) is 19.5. The average molecular weight is 540 g/mol. The van der Waals surface area contributed by atoms with E-state index in [-0.39, 0.29) is 17.3 Å². The van der Waals surface area contributed by atoms with E-state index in [1.165, 1.54) is 24.1 Å².